The highest BCUT2D eigenvalue weighted by molar-refractivity contribution is 5.86. The van der Waals surface area contributed by atoms with Crippen molar-refractivity contribution in [2.45, 2.75) is 6.42 Å². The quantitative estimate of drug-likeness (QED) is 0.680. The Morgan fingerprint density at radius 2 is 2.18 bits per heavy atom. The second kappa shape index (κ2) is 4.25. The molecule has 5 nitrogen and oxygen atoms in total. The van der Waals surface area contributed by atoms with E-state index in [1.54, 1.807) is 7.11 Å². The first kappa shape index (κ1) is 11.7. The average molecular weight is 237 g/mol. The van der Waals surface area contributed by atoms with Gasteiger partial charge < -0.3 is 19.7 Å². The number of fused-ring (bicyclic) bond motifs is 2. The van der Waals surface area contributed by atoms with Crippen LogP contribution in [0.3, 0.4) is 0 Å². The number of ether oxygens (including phenoxy) is 3. The van der Waals surface area contributed by atoms with Gasteiger partial charge in [0.25, 0.3) is 0 Å². The van der Waals surface area contributed by atoms with Crippen LogP contribution in [0.4, 0.5) is 0 Å². The van der Waals surface area contributed by atoms with Crippen molar-refractivity contribution in [1.29, 1.82) is 0 Å². The van der Waals surface area contributed by atoms with Gasteiger partial charge in [0.1, 0.15) is 13.6 Å². The number of hydrogen-bond acceptors (Lipinski definition) is 4. The van der Waals surface area contributed by atoms with Crippen molar-refractivity contribution >= 4 is 6.21 Å². The number of likely N-dealkylation sites (N-methyl/N-ethyl adjacent to an activating group) is 1. The molecule has 0 spiro atoms. The first-order chi connectivity index (χ1) is 7.79. The molecule has 0 unspecified atom stereocenters. The van der Waals surface area contributed by atoms with E-state index in [9.17, 15) is 0 Å². The van der Waals surface area contributed by atoms with E-state index in [-0.39, 0.29) is 12.3 Å². The smallest absolute Gasteiger partial charge is 0.231 e. The molecule has 0 radical (unpaired) electrons. The Bertz CT molecular complexity index is 482. The molecule has 2 heterocycles. The standard InChI is InChI=1S/C12H14NO3.H2O/c1-13-4-3-8-5-10-12(16-7-15-10)11(14-2)9(8)6-13;/h5-6H,3-4,7H2,1-2H3;1H2/q+1;/p-1. The molecule has 5 heteroatoms. The van der Waals surface area contributed by atoms with Crippen molar-refractivity contribution in [3.05, 3.63) is 17.2 Å². The molecule has 92 valence electrons. The maximum absolute atomic E-state index is 5.44. The fourth-order valence-corrected chi connectivity index (χ4v) is 2.21. The van der Waals surface area contributed by atoms with Gasteiger partial charge in [-0.25, -0.2) is 4.58 Å². The van der Waals surface area contributed by atoms with Crippen LogP contribution in [-0.2, 0) is 6.42 Å². The molecule has 1 N–H and O–H groups in total. The van der Waals surface area contributed by atoms with Crippen LogP contribution >= 0.6 is 0 Å². The molecule has 3 rings (SSSR count). The van der Waals surface area contributed by atoms with Crippen LogP contribution in [0.5, 0.6) is 17.2 Å². The van der Waals surface area contributed by atoms with Gasteiger partial charge >= 0.3 is 0 Å². The number of nitrogens with zero attached hydrogens (tertiary/aromatic N) is 1. The second-order valence-electron chi connectivity index (χ2n) is 4.08. The maximum Gasteiger partial charge on any atom is 0.231 e. The molecule has 17 heavy (non-hydrogen) atoms. The Kier molecular flexibility index (Phi) is 2.93. The topological polar surface area (TPSA) is 60.7 Å². The lowest BCUT2D eigenvalue weighted by Crippen LogP contribution is -2.19. The molecule has 0 saturated carbocycles. The molecule has 0 aromatic heterocycles. The molecule has 0 atom stereocenters. The van der Waals surface area contributed by atoms with E-state index in [2.05, 4.69) is 23.9 Å². The number of rotatable bonds is 1. The van der Waals surface area contributed by atoms with Crippen molar-refractivity contribution in [1.82, 2.24) is 0 Å². The monoisotopic (exact) mass is 237 g/mol. The van der Waals surface area contributed by atoms with Gasteiger partial charge in [-0.05, 0) is 11.6 Å². The number of methoxy groups -OCH3 is 1. The van der Waals surface area contributed by atoms with Gasteiger partial charge in [-0.3, -0.25) is 0 Å². The summed E-state index contributed by atoms with van der Waals surface area (Å²) in [5, 5.41) is 0. The molecule has 1 aromatic rings. The molecular weight excluding hydrogens is 222 g/mol. The Morgan fingerprint density at radius 1 is 1.35 bits per heavy atom. The molecule has 0 aliphatic carbocycles. The first-order valence-electron chi connectivity index (χ1n) is 5.34. The van der Waals surface area contributed by atoms with Crippen molar-refractivity contribution in [3.8, 4) is 17.2 Å². The van der Waals surface area contributed by atoms with Gasteiger partial charge in [0.2, 0.25) is 12.5 Å². The molecule has 0 saturated heterocycles. The van der Waals surface area contributed by atoms with E-state index >= 15 is 0 Å². The minimum absolute atomic E-state index is 0. The SMILES string of the molecule is COc1c2c(cc3c1OCO3)CC[N+](C)=C2.[OH-]. The molecule has 2 aliphatic heterocycles. The van der Waals surface area contributed by atoms with Crippen molar-refractivity contribution in [2.75, 3.05) is 27.5 Å². The molecule has 0 bridgehead atoms. The van der Waals surface area contributed by atoms with Crippen molar-refractivity contribution < 1.29 is 24.3 Å². The van der Waals surface area contributed by atoms with Crippen molar-refractivity contribution in [2.24, 2.45) is 0 Å². The summed E-state index contributed by atoms with van der Waals surface area (Å²) >= 11 is 0. The largest absolute Gasteiger partial charge is 0.870 e. The van der Waals surface area contributed by atoms with Crippen molar-refractivity contribution in [3.63, 3.8) is 0 Å². The predicted molar refractivity (Wildman–Crippen MR) is 61.0 cm³/mol. The molecule has 1 aromatic carbocycles. The van der Waals surface area contributed by atoms with Gasteiger partial charge in [0, 0.05) is 6.42 Å². The van der Waals surface area contributed by atoms with Gasteiger partial charge in [-0.1, -0.05) is 0 Å². The third-order valence-electron chi connectivity index (χ3n) is 3.03. The zero-order valence-corrected chi connectivity index (χ0v) is 9.90. The first-order valence-corrected chi connectivity index (χ1v) is 5.34. The van der Waals surface area contributed by atoms with Crippen LogP contribution in [0.2, 0.25) is 0 Å². The van der Waals surface area contributed by atoms with Gasteiger partial charge in [-0.15, -0.1) is 0 Å². The summed E-state index contributed by atoms with van der Waals surface area (Å²) in [7, 11) is 3.73. The van der Waals surface area contributed by atoms with Crippen LogP contribution in [0.1, 0.15) is 11.1 Å². The van der Waals surface area contributed by atoms with Gasteiger partial charge in [-0.2, -0.15) is 0 Å². The zero-order valence-electron chi connectivity index (χ0n) is 9.90. The molecule has 0 amide bonds. The van der Waals surface area contributed by atoms with Gasteiger partial charge in [0.05, 0.1) is 12.7 Å². The number of benzene rings is 1. The summed E-state index contributed by atoms with van der Waals surface area (Å²) < 4.78 is 18.4. The maximum atomic E-state index is 5.44. The van der Waals surface area contributed by atoms with E-state index in [1.165, 1.54) is 5.56 Å². The lowest BCUT2D eigenvalue weighted by Gasteiger charge is -2.15. The van der Waals surface area contributed by atoms with Crippen LogP contribution in [0, 0.1) is 0 Å². The van der Waals surface area contributed by atoms with Crippen LogP contribution in [-0.4, -0.2) is 43.8 Å². The molecular formula is C12H15NO4. The van der Waals surface area contributed by atoms with E-state index in [0.29, 0.717) is 0 Å². The minimum Gasteiger partial charge on any atom is -0.870 e. The lowest BCUT2D eigenvalue weighted by atomic mass is 10.0. The second-order valence-corrected chi connectivity index (χ2v) is 4.08. The average Bonchev–Trinajstić information content (AvgIpc) is 2.73. The summed E-state index contributed by atoms with van der Waals surface area (Å²) in [5.74, 6) is 2.32. The highest BCUT2D eigenvalue weighted by atomic mass is 16.7. The Labute approximate surface area is 99.5 Å². The Hall–Kier alpha value is -1.75. The molecule has 2 aliphatic rings. The van der Waals surface area contributed by atoms with E-state index in [4.69, 9.17) is 14.2 Å². The summed E-state index contributed by atoms with van der Waals surface area (Å²) in [6, 6.07) is 2.06. The Balaban J connectivity index is 0.00000108. The summed E-state index contributed by atoms with van der Waals surface area (Å²) in [4.78, 5) is 0. The third-order valence-corrected chi connectivity index (χ3v) is 3.03. The van der Waals surface area contributed by atoms with E-state index < -0.39 is 0 Å². The normalized spacial score (nSPS) is 15.8. The predicted octanol–water partition coefficient (Wildman–Crippen LogP) is 0.864. The third kappa shape index (κ3) is 1.72. The zero-order chi connectivity index (χ0) is 11.1. The Morgan fingerprint density at radius 3 is 2.94 bits per heavy atom. The van der Waals surface area contributed by atoms with Gasteiger partial charge in [0.15, 0.2) is 17.7 Å². The lowest BCUT2D eigenvalue weighted by molar-refractivity contribution is -0.493. The minimum atomic E-state index is 0. The summed E-state index contributed by atoms with van der Waals surface area (Å²) in [6.07, 6.45) is 3.11. The fraction of sp³-hybridized carbons (Fsp3) is 0.417. The highest BCUT2D eigenvalue weighted by Gasteiger charge is 2.27. The fourth-order valence-electron chi connectivity index (χ4n) is 2.21. The number of hydrogen-bond donors (Lipinski definition) is 0. The highest BCUT2D eigenvalue weighted by Crippen LogP contribution is 2.44. The van der Waals surface area contributed by atoms with Crippen LogP contribution < -0.4 is 14.2 Å². The van der Waals surface area contributed by atoms with Crippen LogP contribution in [0.25, 0.3) is 0 Å². The van der Waals surface area contributed by atoms with E-state index in [1.807, 2.05) is 0 Å². The molecule has 0 fully saturated rings. The summed E-state index contributed by atoms with van der Waals surface area (Å²) in [6.45, 7) is 1.31. The summed E-state index contributed by atoms with van der Waals surface area (Å²) in [5.41, 5.74) is 2.37. The van der Waals surface area contributed by atoms with E-state index in [0.717, 1.165) is 35.8 Å². The van der Waals surface area contributed by atoms with Crippen LogP contribution in [0.15, 0.2) is 6.07 Å².